The van der Waals surface area contributed by atoms with Crippen LogP contribution in [0.5, 0.6) is 11.5 Å². The largest absolute Gasteiger partial charge is 0.493 e. The van der Waals surface area contributed by atoms with Crippen molar-refractivity contribution in [3.05, 3.63) is 87.0 Å². The molecule has 0 aliphatic heterocycles. The Labute approximate surface area is 230 Å². The highest BCUT2D eigenvalue weighted by atomic mass is 32.2. The molecule has 1 aromatic heterocycles. The Morgan fingerprint density at radius 2 is 1.74 bits per heavy atom. The standard InChI is InChI=1S/C29H36N2O5S2/c1-5-16-31(38(33,34)19-15-24-9-7-6-8-10-24)22-29(32)30(21-28-23(2)14-18-37-28)17-13-25-11-12-26(35-3)27(20-25)36-4/h6-12,14-15,18-20H,5,13,16-17,21-22H2,1-4H3/b19-15+. The molecule has 0 atom stereocenters. The van der Waals surface area contributed by atoms with Gasteiger partial charge in [-0.15, -0.1) is 11.3 Å². The number of aryl methyl sites for hydroxylation is 1. The van der Waals surface area contributed by atoms with E-state index in [1.165, 1.54) is 9.71 Å². The molecule has 1 heterocycles. The fourth-order valence-corrected chi connectivity index (χ4v) is 6.09. The predicted molar refractivity (Wildman–Crippen MR) is 154 cm³/mol. The first kappa shape index (κ1) is 29.4. The normalized spacial score (nSPS) is 11.7. The van der Waals surface area contributed by atoms with Crippen LogP contribution in [0.15, 0.2) is 65.4 Å². The number of carbonyl (C=O) groups excluding carboxylic acids is 1. The van der Waals surface area contributed by atoms with Gasteiger partial charge in [0.2, 0.25) is 15.9 Å². The molecule has 1 amide bonds. The van der Waals surface area contributed by atoms with Crippen molar-refractivity contribution >= 4 is 33.3 Å². The number of nitrogens with zero attached hydrogens (tertiary/aromatic N) is 2. The lowest BCUT2D eigenvalue weighted by Crippen LogP contribution is -2.43. The van der Waals surface area contributed by atoms with Crippen LogP contribution in [0.2, 0.25) is 0 Å². The van der Waals surface area contributed by atoms with E-state index in [0.29, 0.717) is 37.4 Å². The van der Waals surface area contributed by atoms with E-state index in [1.54, 1.807) is 36.5 Å². The fourth-order valence-electron chi connectivity index (χ4n) is 3.94. The van der Waals surface area contributed by atoms with E-state index >= 15 is 0 Å². The summed E-state index contributed by atoms with van der Waals surface area (Å²) in [4.78, 5) is 16.4. The van der Waals surface area contributed by atoms with E-state index in [4.69, 9.17) is 9.47 Å². The van der Waals surface area contributed by atoms with Crippen molar-refractivity contribution in [1.29, 1.82) is 0 Å². The number of methoxy groups -OCH3 is 2. The summed E-state index contributed by atoms with van der Waals surface area (Å²) in [6.45, 7) is 4.82. The second kappa shape index (κ2) is 14.1. The summed E-state index contributed by atoms with van der Waals surface area (Å²) in [5.74, 6) is 1.04. The summed E-state index contributed by atoms with van der Waals surface area (Å²) in [6, 6.07) is 17.0. The third-order valence-corrected chi connectivity index (χ3v) is 8.67. The number of benzene rings is 2. The van der Waals surface area contributed by atoms with Gasteiger partial charge in [-0.1, -0.05) is 43.3 Å². The van der Waals surface area contributed by atoms with Crippen molar-refractivity contribution in [2.45, 2.75) is 33.2 Å². The summed E-state index contributed by atoms with van der Waals surface area (Å²) in [5.41, 5.74) is 2.89. The summed E-state index contributed by atoms with van der Waals surface area (Å²) in [6.07, 6.45) is 2.75. The molecule has 0 aliphatic rings. The Kier molecular flexibility index (Phi) is 10.9. The van der Waals surface area contributed by atoms with Gasteiger partial charge in [0.05, 0.1) is 27.3 Å². The maximum Gasteiger partial charge on any atom is 0.238 e. The monoisotopic (exact) mass is 556 g/mol. The topological polar surface area (TPSA) is 76.2 Å². The quantitative estimate of drug-likeness (QED) is 0.267. The zero-order chi connectivity index (χ0) is 27.5. The van der Waals surface area contributed by atoms with Gasteiger partial charge in [-0.05, 0) is 66.1 Å². The second-order valence-corrected chi connectivity index (χ2v) is 11.7. The van der Waals surface area contributed by atoms with Crippen LogP contribution in [0, 0.1) is 6.92 Å². The molecule has 0 N–H and O–H groups in total. The Balaban J connectivity index is 1.79. The van der Waals surface area contributed by atoms with E-state index in [1.807, 2.05) is 73.8 Å². The molecule has 0 aliphatic carbocycles. The average Bonchev–Trinajstić information content (AvgIpc) is 3.33. The number of hydrogen-bond donors (Lipinski definition) is 0. The summed E-state index contributed by atoms with van der Waals surface area (Å²) in [7, 11) is -0.609. The lowest BCUT2D eigenvalue weighted by molar-refractivity contribution is -0.132. The third-order valence-electron chi connectivity index (χ3n) is 6.15. The smallest absolute Gasteiger partial charge is 0.238 e. The molecule has 2 aromatic carbocycles. The Bertz CT molecular complexity index is 1320. The van der Waals surface area contributed by atoms with E-state index in [0.717, 1.165) is 21.6 Å². The Morgan fingerprint density at radius 3 is 2.37 bits per heavy atom. The molecule has 0 radical (unpaired) electrons. The number of amides is 1. The van der Waals surface area contributed by atoms with Crippen molar-refractivity contribution in [1.82, 2.24) is 9.21 Å². The van der Waals surface area contributed by atoms with Gasteiger partial charge in [0, 0.05) is 23.4 Å². The van der Waals surface area contributed by atoms with Gasteiger partial charge in [-0.2, -0.15) is 4.31 Å². The van der Waals surface area contributed by atoms with Crippen LogP contribution in [0.1, 0.15) is 34.9 Å². The number of carbonyl (C=O) groups is 1. The number of hydrogen-bond acceptors (Lipinski definition) is 6. The van der Waals surface area contributed by atoms with Gasteiger partial charge in [-0.3, -0.25) is 4.79 Å². The Hall–Kier alpha value is -3.14. The van der Waals surface area contributed by atoms with E-state index < -0.39 is 10.0 Å². The van der Waals surface area contributed by atoms with Gasteiger partial charge in [0.1, 0.15) is 0 Å². The van der Waals surface area contributed by atoms with Crippen molar-refractivity contribution in [3.63, 3.8) is 0 Å². The molecule has 7 nitrogen and oxygen atoms in total. The van der Waals surface area contributed by atoms with Gasteiger partial charge >= 0.3 is 0 Å². The average molecular weight is 557 g/mol. The minimum atomic E-state index is -3.79. The van der Waals surface area contributed by atoms with Crippen molar-refractivity contribution in [2.75, 3.05) is 33.9 Å². The van der Waals surface area contributed by atoms with Crippen LogP contribution in [0.3, 0.4) is 0 Å². The molecule has 0 saturated heterocycles. The number of sulfonamides is 1. The molecular formula is C29H36N2O5S2. The number of thiophene rings is 1. The summed E-state index contributed by atoms with van der Waals surface area (Å²) >= 11 is 1.59. The summed E-state index contributed by atoms with van der Waals surface area (Å²) in [5, 5.41) is 3.19. The zero-order valence-electron chi connectivity index (χ0n) is 22.4. The van der Waals surface area contributed by atoms with Gasteiger partial charge in [0.15, 0.2) is 11.5 Å². The lowest BCUT2D eigenvalue weighted by Gasteiger charge is -2.26. The highest BCUT2D eigenvalue weighted by molar-refractivity contribution is 7.92. The van der Waals surface area contributed by atoms with Gasteiger partial charge < -0.3 is 14.4 Å². The van der Waals surface area contributed by atoms with Crippen LogP contribution < -0.4 is 9.47 Å². The van der Waals surface area contributed by atoms with Gasteiger partial charge in [-0.25, -0.2) is 8.42 Å². The van der Waals surface area contributed by atoms with E-state index in [2.05, 4.69) is 0 Å². The summed E-state index contributed by atoms with van der Waals surface area (Å²) < 4.78 is 38.4. The minimum absolute atomic E-state index is 0.217. The predicted octanol–water partition coefficient (Wildman–Crippen LogP) is 5.36. The Morgan fingerprint density at radius 1 is 1.00 bits per heavy atom. The molecule has 0 spiro atoms. The molecule has 38 heavy (non-hydrogen) atoms. The first-order chi connectivity index (χ1) is 18.3. The SMILES string of the molecule is CCCN(CC(=O)N(CCc1ccc(OC)c(OC)c1)Cc1sccc1C)S(=O)(=O)/C=C/c1ccccc1. The van der Waals surface area contributed by atoms with Crippen molar-refractivity contribution < 1.29 is 22.7 Å². The zero-order valence-corrected chi connectivity index (χ0v) is 24.1. The minimum Gasteiger partial charge on any atom is -0.493 e. The molecule has 0 bridgehead atoms. The fraction of sp³-hybridized carbons (Fsp3) is 0.345. The molecule has 9 heteroatoms. The van der Waals surface area contributed by atoms with Crippen molar-refractivity contribution in [3.8, 4) is 11.5 Å². The number of ether oxygens (including phenoxy) is 2. The maximum atomic E-state index is 13.6. The number of rotatable bonds is 14. The highest BCUT2D eigenvalue weighted by Crippen LogP contribution is 2.28. The molecule has 0 fully saturated rings. The maximum absolute atomic E-state index is 13.6. The molecule has 0 unspecified atom stereocenters. The molecular weight excluding hydrogens is 520 g/mol. The van der Waals surface area contributed by atoms with Crippen LogP contribution in [-0.4, -0.2) is 57.4 Å². The van der Waals surface area contributed by atoms with Crippen LogP contribution >= 0.6 is 11.3 Å². The molecule has 204 valence electrons. The van der Waals surface area contributed by atoms with Crippen molar-refractivity contribution in [2.24, 2.45) is 0 Å². The van der Waals surface area contributed by atoms with Crippen LogP contribution in [0.4, 0.5) is 0 Å². The highest BCUT2D eigenvalue weighted by Gasteiger charge is 2.25. The van der Waals surface area contributed by atoms with Crippen LogP contribution in [0.25, 0.3) is 6.08 Å². The first-order valence-corrected chi connectivity index (χ1v) is 14.9. The molecule has 3 aromatic rings. The molecule has 0 saturated carbocycles. The lowest BCUT2D eigenvalue weighted by atomic mass is 10.1. The van der Waals surface area contributed by atoms with E-state index in [-0.39, 0.29) is 19.0 Å². The molecule has 3 rings (SSSR count). The van der Waals surface area contributed by atoms with Gasteiger partial charge in [0.25, 0.3) is 0 Å². The van der Waals surface area contributed by atoms with E-state index in [9.17, 15) is 13.2 Å². The first-order valence-electron chi connectivity index (χ1n) is 12.5. The van der Waals surface area contributed by atoms with Crippen LogP contribution in [-0.2, 0) is 27.8 Å². The third kappa shape index (κ3) is 8.18. The second-order valence-electron chi connectivity index (χ2n) is 8.87.